The van der Waals surface area contributed by atoms with E-state index in [1.807, 2.05) is 77.1 Å². The van der Waals surface area contributed by atoms with Crippen LogP contribution in [-0.4, -0.2) is 112 Å². The number of hydrogen-bond acceptors (Lipinski definition) is 16. The fraction of sp³-hybridized carbons (Fsp3) is 0.584. The summed E-state index contributed by atoms with van der Waals surface area (Å²) in [5.41, 5.74) is 3.11. The van der Waals surface area contributed by atoms with Crippen LogP contribution in [0.25, 0.3) is 34.4 Å². The van der Waals surface area contributed by atoms with Gasteiger partial charge in [-0.2, -0.15) is 0 Å². The van der Waals surface area contributed by atoms with E-state index in [1.165, 1.54) is 43.9 Å². The van der Waals surface area contributed by atoms with Gasteiger partial charge in [-0.25, -0.2) is 23.2 Å². The smallest absolute Gasteiger partial charge is 0.462 e. The maximum absolute atomic E-state index is 13.6. The maximum atomic E-state index is 13.6. The van der Waals surface area contributed by atoms with Crippen LogP contribution in [0.1, 0.15) is 173 Å². The molecular weight excluding hydrogens is 1230 g/mol. The van der Waals surface area contributed by atoms with E-state index >= 15 is 0 Å². The topological polar surface area (TPSA) is 208 Å². The van der Waals surface area contributed by atoms with E-state index in [1.54, 1.807) is 73.0 Å². The average molecular weight is 1330 g/mol. The van der Waals surface area contributed by atoms with Crippen molar-refractivity contribution in [3.8, 4) is 22.3 Å². The summed E-state index contributed by atoms with van der Waals surface area (Å²) in [7, 11) is 0. The molecule has 0 radical (unpaired) electrons. The number of carbonyl (C=O) groups is 6. The van der Waals surface area contributed by atoms with Crippen molar-refractivity contribution in [3.05, 3.63) is 120 Å². The van der Waals surface area contributed by atoms with E-state index in [9.17, 15) is 37.5 Å². The number of rotatable bonds is 13. The van der Waals surface area contributed by atoms with Gasteiger partial charge in [0.1, 0.15) is 40.6 Å². The summed E-state index contributed by atoms with van der Waals surface area (Å²) >= 11 is 0. The summed E-state index contributed by atoms with van der Waals surface area (Å²) in [4.78, 5) is 83.5. The Morgan fingerprint density at radius 3 is 1.43 bits per heavy atom. The molecule has 524 valence electrons. The van der Waals surface area contributed by atoms with Crippen molar-refractivity contribution in [3.63, 3.8) is 0 Å². The van der Waals surface area contributed by atoms with Crippen LogP contribution in [-0.2, 0) is 47.5 Å². The van der Waals surface area contributed by atoms with Crippen molar-refractivity contribution in [2.75, 3.05) is 26.2 Å². The van der Waals surface area contributed by atoms with E-state index in [4.69, 9.17) is 28.4 Å². The number of ether oxygens (including phenoxy) is 7. The molecule has 2 saturated heterocycles. The lowest BCUT2D eigenvalue weighted by atomic mass is 9.56. The first-order valence-electron chi connectivity index (χ1n) is 34.6. The van der Waals surface area contributed by atoms with Crippen LogP contribution in [0.4, 0.5) is 23.2 Å². The van der Waals surface area contributed by atoms with Crippen LogP contribution in [0, 0.1) is 76.7 Å². The lowest BCUT2D eigenvalue weighted by Crippen LogP contribution is -2.48. The third kappa shape index (κ3) is 22.3. The molecule has 19 heteroatoms. The average Bonchev–Trinajstić information content (AvgIpc) is 1.70. The molecule has 2 aromatic heterocycles. The molecule has 4 aliphatic carbocycles. The largest absolute Gasteiger partial charge is 0.519 e. The Morgan fingerprint density at radius 1 is 0.583 bits per heavy atom. The number of alkyl carbamates (subject to hydrolysis) is 1. The Balaban J connectivity index is 0.000000208. The second kappa shape index (κ2) is 34.1. The summed E-state index contributed by atoms with van der Waals surface area (Å²) < 4.78 is 63.1. The van der Waals surface area contributed by atoms with Gasteiger partial charge in [-0.05, 0) is 255 Å². The Labute approximate surface area is 567 Å². The summed E-state index contributed by atoms with van der Waals surface area (Å²) in [6.45, 7) is 32.0. The first-order valence-corrected chi connectivity index (χ1v) is 34.6. The summed E-state index contributed by atoms with van der Waals surface area (Å²) in [6, 6.07) is 20.9. The van der Waals surface area contributed by atoms with Crippen LogP contribution in [0.5, 0.6) is 0 Å². The predicted molar refractivity (Wildman–Crippen MR) is 365 cm³/mol. The molecule has 1 N–H and O–H groups in total. The number of hydrogen-bond donors (Lipinski definition) is 1. The lowest BCUT2D eigenvalue weighted by Gasteiger charge is -2.47. The highest BCUT2D eigenvalue weighted by Gasteiger charge is 2.56. The molecule has 0 unspecified atom stereocenters. The molecule has 6 fully saturated rings. The highest BCUT2D eigenvalue weighted by Crippen LogP contribution is 2.56. The molecule has 4 saturated carbocycles. The van der Waals surface area contributed by atoms with E-state index in [-0.39, 0.29) is 89.4 Å². The first-order chi connectivity index (χ1) is 45.3. The fourth-order valence-corrected chi connectivity index (χ4v) is 15.0. The molecule has 17 nitrogen and oxygen atoms in total. The lowest BCUT2D eigenvalue weighted by molar-refractivity contribution is -0.157. The molecule has 2 aliphatic heterocycles. The number of allylic oxidation sites excluding steroid dienone is 2. The van der Waals surface area contributed by atoms with Crippen LogP contribution in [0.2, 0.25) is 0 Å². The maximum Gasteiger partial charge on any atom is 0.519 e. The minimum Gasteiger partial charge on any atom is -0.462 e. The van der Waals surface area contributed by atoms with Gasteiger partial charge in [0.2, 0.25) is 0 Å². The zero-order valence-corrected chi connectivity index (χ0v) is 59.1. The number of fused-ring (bicyclic) bond motifs is 4. The van der Waals surface area contributed by atoms with E-state index in [0.717, 1.165) is 85.0 Å². The second-order valence-corrected chi connectivity index (χ2v) is 29.3. The van der Waals surface area contributed by atoms with Crippen molar-refractivity contribution >= 4 is 48.5 Å². The highest BCUT2D eigenvalue weighted by atomic mass is 19.1. The second-order valence-electron chi connectivity index (χ2n) is 29.3. The van der Waals surface area contributed by atoms with Gasteiger partial charge in [0.05, 0.1) is 29.8 Å². The van der Waals surface area contributed by atoms with E-state index in [2.05, 4.69) is 63.9 Å². The highest BCUT2D eigenvalue weighted by molar-refractivity contribution is 5.78. The molecule has 10 rings (SSSR count). The summed E-state index contributed by atoms with van der Waals surface area (Å²) in [5, 5.41) is 3.00. The predicted octanol–water partition coefficient (Wildman–Crippen LogP) is 16.7. The molecule has 6 aliphatic rings. The van der Waals surface area contributed by atoms with Crippen LogP contribution >= 0.6 is 0 Å². The van der Waals surface area contributed by atoms with Gasteiger partial charge in [0.25, 0.3) is 0 Å². The van der Waals surface area contributed by atoms with E-state index in [0.29, 0.717) is 42.6 Å². The van der Waals surface area contributed by atoms with Gasteiger partial charge >= 0.3 is 36.3 Å². The van der Waals surface area contributed by atoms with Crippen molar-refractivity contribution < 1.29 is 70.7 Å². The Hall–Kier alpha value is -7.54. The third-order valence-corrected chi connectivity index (χ3v) is 19.0. The van der Waals surface area contributed by atoms with Crippen LogP contribution in [0.3, 0.4) is 0 Å². The van der Waals surface area contributed by atoms with Crippen molar-refractivity contribution in [1.82, 2.24) is 20.2 Å². The number of nitrogens with zero attached hydrogens (tertiary/aromatic N) is 3. The third-order valence-electron chi connectivity index (χ3n) is 19.0. The SMILES string of the molecule is CC(C)(C)OC(=O)OC(=O)OC(C)(C)C.CCN(CC)CC.CCOC(=O)N[C@@H]1CC[C@@H]2[C@@H](C1)C[C@H]1C(=O)O[C@H](C)[C@H]1[C@H]2/C=C/c1ccc(-c2cccc(F)c2)cn1.C[C@H]1OC(=O)[C@@H]2C[C@@H]3C[C@H](CC(=O)OC(C)(C)C)CC[C@H]3[C@H](/C=C/c3ccc(-c4cccc(F)c4)cn3)[C@H]12. The number of halogens is 2. The zero-order valence-electron chi connectivity index (χ0n) is 59.1. The molecule has 0 bridgehead atoms. The minimum atomic E-state index is -1.06. The number of aromatic nitrogens is 2. The van der Waals surface area contributed by atoms with Gasteiger partial charge in [-0.1, -0.05) is 69.3 Å². The van der Waals surface area contributed by atoms with Gasteiger partial charge in [0.15, 0.2) is 0 Å². The van der Waals surface area contributed by atoms with Crippen LogP contribution < -0.4 is 5.32 Å². The minimum absolute atomic E-state index is 0.0679. The number of nitrogens with one attached hydrogen (secondary N) is 1. The Morgan fingerprint density at radius 2 is 1.03 bits per heavy atom. The molecule has 1 amide bonds. The van der Waals surface area contributed by atoms with Crippen LogP contribution in [0.15, 0.2) is 97.3 Å². The Bertz CT molecular complexity index is 3270. The summed E-state index contributed by atoms with van der Waals surface area (Å²) in [5.74, 6) is 1.56. The number of carbonyl (C=O) groups excluding carboxylic acids is 6. The summed E-state index contributed by atoms with van der Waals surface area (Å²) in [6.07, 6.45) is 17.2. The number of amides is 1. The molecule has 14 atom stereocenters. The number of benzene rings is 2. The van der Waals surface area contributed by atoms with Crippen molar-refractivity contribution in [2.24, 2.45) is 65.1 Å². The number of cyclic esters (lactones) is 2. The molecular formula is C77H104F2N4O13. The first kappa shape index (κ1) is 75.8. The fourth-order valence-electron chi connectivity index (χ4n) is 15.0. The van der Waals surface area contributed by atoms with Gasteiger partial charge in [0, 0.05) is 47.8 Å². The molecule has 96 heavy (non-hydrogen) atoms. The number of pyridine rings is 2. The normalized spacial score (nSPS) is 26.6. The van der Waals surface area contributed by atoms with E-state index < -0.39 is 29.1 Å². The molecule has 4 aromatic rings. The number of esters is 3. The standard InChI is InChI=1S/C32H38FNO4.C29H33FN2O4.C10H18O5.C6H15N/c1-19-30-27(13-11-25-10-9-22(18-34-25)21-6-5-7-24(33)16-21)26-12-8-20(15-29(35)38-32(2,3)4)14-23(26)17-28(30)31(36)37-19;1-3-35-29(34)32-23-10-11-24-20(14-23)15-26-27(17(2)36-28(26)33)25(24)12-9-22-8-7-19(16-31-22)18-5-4-6-21(30)13-18;1-9(2,3)14-7(11)13-8(12)15-10(4,5)6;1-4-7(5-2)6-3/h5-7,9-11,13,16,18-20,23,26-28,30H,8,12,14-15,17H2,1-4H3;4-9,12-13,16-17,20,23-27H,3,10-11,14-15H2,1-2H3,(H,32,34);1-6H3;4-6H2,1-3H3/b13-11+;12-9+;;/t19-,20-,23+,26-,27+,28-,30+;17-,20+,23-,24-,25+,26-,27+;;/m11../s1. The van der Waals surface area contributed by atoms with Crippen molar-refractivity contribution in [1.29, 1.82) is 0 Å². The van der Waals surface area contributed by atoms with Gasteiger partial charge in [-0.3, -0.25) is 24.4 Å². The Kier molecular flexibility index (Phi) is 26.9. The van der Waals surface area contributed by atoms with Gasteiger partial charge in [-0.15, -0.1) is 0 Å². The monoisotopic (exact) mass is 1330 g/mol. The quantitative estimate of drug-likeness (QED) is 0.0750. The van der Waals surface area contributed by atoms with Crippen molar-refractivity contribution in [2.45, 2.75) is 197 Å². The molecule has 2 aromatic carbocycles. The molecule has 4 heterocycles. The van der Waals surface area contributed by atoms with Gasteiger partial charge < -0.3 is 43.4 Å². The zero-order chi connectivity index (χ0) is 70.2. The molecule has 0 spiro atoms.